The number of anilines is 1. The Hall–Kier alpha value is -2.41. The van der Waals surface area contributed by atoms with E-state index in [-0.39, 0.29) is 30.9 Å². The van der Waals surface area contributed by atoms with Gasteiger partial charge in [-0.3, -0.25) is 24.3 Å². The van der Waals surface area contributed by atoms with Crippen molar-refractivity contribution in [3.8, 4) is 0 Å². The predicted octanol–water partition coefficient (Wildman–Crippen LogP) is 2.09. The number of benzene rings is 1. The third kappa shape index (κ3) is 4.47. The van der Waals surface area contributed by atoms with E-state index in [1.807, 2.05) is 42.2 Å². The quantitative estimate of drug-likeness (QED) is 0.654. The molecule has 148 valence electrons. The van der Waals surface area contributed by atoms with Gasteiger partial charge >= 0.3 is 0 Å². The maximum atomic E-state index is 12.8. The van der Waals surface area contributed by atoms with Crippen molar-refractivity contribution in [1.29, 1.82) is 0 Å². The fourth-order valence-corrected chi connectivity index (χ4v) is 3.65. The molecule has 0 spiro atoms. The molecule has 1 atom stereocenters. The maximum absolute atomic E-state index is 12.8. The van der Waals surface area contributed by atoms with Crippen molar-refractivity contribution < 1.29 is 14.4 Å². The van der Waals surface area contributed by atoms with Crippen molar-refractivity contribution in [2.45, 2.75) is 52.2 Å². The number of hydrogen-bond donors (Lipinski definition) is 0. The first-order valence-corrected chi connectivity index (χ1v) is 9.59. The first-order valence-electron chi connectivity index (χ1n) is 9.59. The summed E-state index contributed by atoms with van der Waals surface area (Å²) in [5.74, 6) is -0.0662. The minimum absolute atomic E-state index is 0.0308. The normalized spacial score (nSPS) is 18.1. The van der Waals surface area contributed by atoms with Crippen molar-refractivity contribution in [2.75, 3.05) is 25.0 Å². The van der Waals surface area contributed by atoms with Gasteiger partial charge in [0.05, 0.1) is 13.1 Å². The fraction of sp³-hybridized carbons (Fsp3) is 0.550. The number of nitrogens with zero attached hydrogens (tertiary/aromatic N) is 4. The van der Waals surface area contributed by atoms with E-state index in [1.165, 1.54) is 5.01 Å². The van der Waals surface area contributed by atoms with Gasteiger partial charge in [-0.2, -0.15) is 0 Å². The zero-order chi connectivity index (χ0) is 20.0. The smallest absolute Gasteiger partial charge is 0.244 e. The van der Waals surface area contributed by atoms with Crippen LogP contribution in [0.4, 0.5) is 5.69 Å². The van der Waals surface area contributed by atoms with Gasteiger partial charge in [-0.1, -0.05) is 39.0 Å². The summed E-state index contributed by atoms with van der Waals surface area (Å²) in [6, 6.07) is 9.38. The summed E-state index contributed by atoms with van der Waals surface area (Å²) >= 11 is 0. The number of para-hydroxylation sites is 1. The van der Waals surface area contributed by atoms with Crippen LogP contribution in [0.1, 0.15) is 40.0 Å². The lowest BCUT2D eigenvalue weighted by Crippen LogP contribution is -2.67. The first kappa shape index (κ1) is 20.9. The lowest BCUT2D eigenvalue weighted by Gasteiger charge is -2.48. The molecular weight excluding hydrogens is 344 g/mol. The summed E-state index contributed by atoms with van der Waals surface area (Å²) in [5, 5.41) is 3.12. The molecule has 1 aliphatic rings. The Labute approximate surface area is 161 Å². The van der Waals surface area contributed by atoms with Crippen LogP contribution in [-0.2, 0) is 14.4 Å². The zero-order valence-corrected chi connectivity index (χ0v) is 16.7. The molecule has 7 nitrogen and oxygen atoms in total. The summed E-state index contributed by atoms with van der Waals surface area (Å²) in [5.41, 5.74) is 0.723. The molecule has 1 unspecified atom stereocenters. The van der Waals surface area contributed by atoms with E-state index in [4.69, 9.17) is 0 Å². The topological polar surface area (TPSA) is 64.2 Å². The second-order valence-electron chi connectivity index (χ2n) is 6.75. The Morgan fingerprint density at radius 3 is 2.37 bits per heavy atom. The van der Waals surface area contributed by atoms with Gasteiger partial charge in [-0.15, -0.1) is 0 Å². The summed E-state index contributed by atoms with van der Waals surface area (Å²) in [6.07, 6.45) is 2.19. The second-order valence-corrected chi connectivity index (χ2v) is 6.75. The molecular formula is C20H30N4O3. The molecule has 1 aromatic rings. The summed E-state index contributed by atoms with van der Waals surface area (Å²) in [4.78, 5) is 40.8. The van der Waals surface area contributed by atoms with Gasteiger partial charge in [0.15, 0.2) is 0 Å². The standard InChI is InChI=1S/C20H30N4O3/c1-5-16(6-2)22(19(26)7-3)13-18-23(15-25)21(4)14-20(27)24(18)17-11-9-8-10-12-17/h8-12,15-16,18H,5-7,13-14H2,1-4H3. The second kappa shape index (κ2) is 9.50. The third-order valence-corrected chi connectivity index (χ3v) is 5.14. The Morgan fingerprint density at radius 1 is 1.22 bits per heavy atom. The van der Waals surface area contributed by atoms with Crippen LogP contribution in [-0.4, -0.2) is 65.5 Å². The number of rotatable bonds is 8. The van der Waals surface area contributed by atoms with E-state index in [0.29, 0.717) is 6.42 Å². The number of hydrogen-bond acceptors (Lipinski definition) is 4. The molecule has 0 bridgehead atoms. The van der Waals surface area contributed by atoms with Gasteiger partial charge in [0.2, 0.25) is 18.2 Å². The number of carbonyl (C=O) groups is 3. The van der Waals surface area contributed by atoms with Crippen LogP contribution in [0.15, 0.2) is 30.3 Å². The van der Waals surface area contributed by atoms with Crippen LogP contribution >= 0.6 is 0 Å². The van der Waals surface area contributed by atoms with Crippen molar-refractivity contribution in [3.05, 3.63) is 30.3 Å². The van der Waals surface area contributed by atoms with E-state index in [9.17, 15) is 14.4 Å². The minimum Gasteiger partial charge on any atom is -0.336 e. The van der Waals surface area contributed by atoms with E-state index in [2.05, 4.69) is 13.8 Å². The van der Waals surface area contributed by atoms with E-state index in [1.54, 1.807) is 17.0 Å². The minimum atomic E-state index is -0.577. The molecule has 1 aromatic carbocycles. The van der Waals surface area contributed by atoms with Crippen LogP contribution < -0.4 is 4.90 Å². The van der Waals surface area contributed by atoms with E-state index >= 15 is 0 Å². The summed E-state index contributed by atoms with van der Waals surface area (Å²) < 4.78 is 0. The first-order chi connectivity index (χ1) is 13.0. The van der Waals surface area contributed by atoms with Crippen LogP contribution in [0.3, 0.4) is 0 Å². The highest BCUT2D eigenvalue weighted by Crippen LogP contribution is 2.25. The van der Waals surface area contributed by atoms with Crippen LogP contribution in [0.25, 0.3) is 0 Å². The lowest BCUT2D eigenvalue weighted by molar-refractivity contribution is -0.155. The van der Waals surface area contributed by atoms with Crippen molar-refractivity contribution in [2.24, 2.45) is 0 Å². The highest BCUT2D eigenvalue weighted by atomic mass is 16.2. The van der Waals surface area contributed by atoms with Crippen LogP contribution in [0.5, 0.6) is 0 Å². The molecule has 7 heteroatoms. The van der Waals surface area contributed by atoms with Gasteiger partial charge in [0.25, 0.3) is 0 Å². The Balaban J connectivity index is 2.44. The molecule has 1 heterocycles. The van der Waals surface area contributed by atoms with Gasteiger partial charge < -0.3 is 4.90 Å². The molecule has 1 aliphatic heterocycles. The molecule has 0 aromatic heterocycles. The molecule has 3 amide bonds. The van der Waals surface area contributed by atoms with E-state index < -0.39 is 6.17 Å². The molecule has 0 saturated carbocycles. The molecule has 1 fully saturated rings. The van der Waals surface area contributed by atoms with Gasteiger partial charge in [-0.25, -0.2) is 5.01 Å². The van der Waals surface area contributed by atoms with Crippen LogP contribution in [0, 0.1) is 0 Å². The van der Waals surface area contributed by atoms with Crippen LogP contribution in [0.2, 0.25) is 0 Å². The zero-order valence-electron chi connectivity index (χ0n) is 16.7. The Kier molecular flexibility index (Phi) is 7.36. The average molecular weight is 374 g/mol. The third-order valence-electron chi connectivity index (χ3n) is 5.14. The average Bonchev–Trinajstić information content (AvgIpc) is 2.68. The SMILES string of the molecule is CCC(=O)N(CC1N(c2ccccc2)C(=O)CN(C)N1C=O)C(CC)CC. The van der Waals surface area contributed by atoms with Crippen molar-refractivity contribution in [1.82, 2.24) is 14.9 Å². The monoisotopic (exact) mass is 374 g/mol. The molecule has 0 aliphatic carbocycles. The highest BCUT2D eigenvalue weighted by Gasteiger charge is 2.40. The van der Waals surface area contributed by atoms with Gasteiger partial charge in [0, 0.05) is 25.2 Å². The Bertz CT molecular complexity index is 648. The van der Waals surface area contributed by atoms with Gasteiger partial charge in [-0.05, 0) is 25.0 Å². The largest absolute Gasteiger partial charge is 0.336 e. The van der Waals surface area contributed by atoms with E-state index in [0.717, 1.165) is 24.9 Å². The molecule has 0 N–H and O–H groups in total. The Morgan fingerprint density at radius 2 is 1.85 bits per heavy atom. The van der Waals surface area contributed by atoms with Crippen molar-refractivity contribution >= 4 is 23.9 Å². The number of amides is 3. The number of hydrazine groups is 1. The molecule has 0 radical (unpaired) electrons. The fourth-order valence-electron chi connectivity index (χ4n) is 3.65. The molecule has 1 saturated heterocycles. The highest BCUT2D eigenvalue weighted by molar-refractivity contribution is 5.96. The maximum Gasteiger partial charge on any atom is 0.244 e. The molecule has 2 rings (SSSR count). The number of carbonyl (C=O) groups excluding carboxylic acids is 3. The van der Waals surface area contributed by atoms with Crippen molar-refractivity contribution in [3.63, 3.8) is 0 Å². The molecule has 27 heavy (non-hydrogen) atoms. The van der Waals surface area contributed by atoms with Gasteiger partial charge in [0.1, 0.15) is 6.17 Å². The summed E-state index contributed by atoms with van der Waals surface area (Å²) in [7, 11) is 1.71. The number of likely N-dealkylation sites (N-methyl/N-ethyl adjacent to an activating group) is 1. The lowest BCUT2D eigenvalue weighted by atomic mass is 10.1. The predicted molar refractivity (Wildman–Crippen MR) is 105 cm³/mol. The summed E-state index contributed by atoms with van der Waals surface area (Å²) in [6.45, 7) is 6.32.